The lowest BCUT2D eigenvalue weighted by atomic mass is 10.4. The number of hydrogen-bond donors (Lipinski definition) is 0. The number of aromatic nitrogens is 2. The molecule has 84 valence electrons. The average molecular weight is 212 g/mol. The number of aryl methyl sites for hydroxylation is 1. The highest BCUT2D eigenvalue weighted by molar-refractivity contribution is 5.76. The van der Waals surface area contributed by atoms with E-state index in [-0.39, 0.29) is 6.03 Å². The first-order valence-corrected chi connectivity index (χ1v) is 4.93. The van der Waals surface area contributed by atoms with Crippen LogP contribution in [0.1, 0.15) is 6.42 Å². The molecule has 0 aliphatic carbocycles. The number of amides is 1. The molecular formula is C10H18N3O2+. The first-order valence-electron chi connectivity index (χ1n) is 4.93. The molecule has 1 aromatic rings. The van der Waals surface area contributed by atoms with E-state index in [9.17, 15) is 4.79 Å². The summed E-state index contributed by atoms with van der Waals surface area (Å²) in [6, 6.07) is -0.0216. The van der Waals surface area contributed by atoms with Crippen molar-refractivity contribution >= 4 is 6.03 Å². The number of imidazole rings is 1. The van der Waals surface area contributed by atoms with Crippen LogP contribution in [0.2, 0.25) is 0 Å². The number of hydrogen-bond acceptors (Lipinski definition) is 2. The highest BCUT2D eigenvalue weighted by Gasteiger charge is 2.16. The molecule has 1 rings (SSSR count). The number of carbonyl (C=O) groups excluding carboxylic acids is 1. The van der Waals surface area contributed by atoms with Gasteiger partial charge in [0.15, 0.2) is 0 Å². The Bertz CT molecular complexity index is 322. The summed E-state index contributed by atoms with van der Waals surface area (Å²) in [5.41, 5.74) is 0. The summed E-state index contributed by atoms with van der Waals surface area (Å²) in [7, 11) is 5.33. The van der Waals surface area contributed by atoms with Gasteiger partial charge >= 0.3 is 6.03 Å². The zero-order chi connectivity index (χ0) is 11.3. The fourth-order valence-electron chi connectivity index (χ4n) is 1.30. The highest BCUT2D eigenvalue weighted by atomic mass is 16.5. The molecule has 0 fully saturated rings. The largest absolute Gasteiger partial charge is 0.415 e. The van der Waals surface area contributed by atoms with Gasteiger partial charge in [0, 0.05) is 27.3 Å². The fourth-order valence-corrected chi connectivity index (χ4v) is 1.30. The van der Waals surface area contributed by atoms with Gasteiger partial charge in [0.05, 0.1) is 7.05 Å². The van der Waals surface area contributed by atoms with E-state index < -0.39 is 0 Å². The summed E-state index contributed by atoms with van der Waals surface area (Å²) >= 11 is 0. The monoisotopic (exact) mass is 212 g/mol. The molecule has 0 N–H and O–H groups in total. The van der Waals surface area contributed by atoms with E-state index in [1.807, 2.05) is 17.8 Å². The fraction of sp³-hybridized carbons (Fsp3) is 0.600. The SMILES string of the molecule is COCCCN(C)C(=O)n1cc[n+](C)c1. The second-order valence-corrected chi connectivity index (χ2v) is 3.54. The van der Waals surface area contributed by atoms with Crippen LogP contribution in [0.25, 0.3) is 0 Å². The Hall–Kier alpha value is -1.36. The lowest BCUT2D eigenvalue weighted by molar-refractivity contribution is -0.670. The second kappa shape index (κ2) is 5.50. The Kier molecular flexibility index (Phi) is 4.30. The summed E-state index contributed by atoms with van der Waals surface area (Å²) < 4.78 is 8.33. The van der Waals surface area contributed by atoms with Gasteiger partial charge in [0.1, 0.15) is 12.4 Å². The third-order valence-electron chi connectivity index (χ3n) is 2.16. The summed E-state index contributed by atoms with van der Waals surface area (Å²) in [4.78, 5) is 13.5. The molecule has 0 aliphatic rings. The first-order chi connectivity index (χ1) is 7.15. The lowest BCUT2D eigenvalue weighted by Crippen LogP contribution is -2.33. The minimum absolute atomic E-state index is 0.0216. The number of methoxy groups -OCH3 is 1. The van der Waals surface area contributed by atoms with E-state index in [4.69, 9.17) is 4.74 Å². The van der Waals surface area contributed by atoms with Gasteiger partial charge in [0.25, 0.3) is 6.33 Å². The standard InChI is InChI=1S/C10H18N3O2/c1-11-6-7-13(9-11)10(14)12(2)5-4-8-15-3/h6-7,9H,4-5,8H2,1-3H3/q+1. The quantitative estimate of drug-likeness (QED) is 0.530. The minimum Gasteiger partial charge on any atom is -0.385 e. The third-order valence-corrected chi connectivity index (χ3v) is 2.16. The van der Waals surface area contributed by atoms with Gasteiger partial charge in [-0.05, 0) is 6.42 Å². The van der Waals surface area contributed by atoms with Gasteiger partial charge in [-0.15, -0.1) is 0 Å². The van der Waals surface area contributed by atoms with Crippen LogP contribution in [-0.2, 0) is 11.8 Å². The molecule has 15 heavy (non-hydrogen) atoms. The molecular weight excluding hydrogens is 194 g/mol. The van der Waals surface area contributed by atoms with Gasteiger partial charge in [0.2, 0.25) is 0 Å². The van der Waals surface area contributed by atoms with Crippen LogP contribution in [0.4, 0.5) is 4.79 Å². The molecule has 0 atom stereocenters. The third kappa shape index (κ3) is 3.36. The van der Waals surface area contributed by atoms with Crippen LogP contribution in [0.5, 0.6) is 0 Å². The van der Waals surface area contributed by atoms with Crippen molar-refractivity contribution in [1.82, 2.24) is 9.47 Å². The van der Waals surface area contributed by atoms with E-state index in [1.165, 1.54) is 0 Å². The molecule has 1 amide bonds. The zero-order valence-electron chi connectivity index (χ0n) is 9.51. The minimum atomic E-state index is -0.0216. The predicted molar refractivity (Wildman–Crippen MR) is 55.5 cm³/mol. The van der Waals surface area contributed by atoms with Gasteiger partial charge in [-0.3, -0.25) is 0 Å². The zero-order valence-corrected chi connectivity index (χ0v) is 9.51. The summed E-state index contributed by atoms with van der Waals surface area (Å²) in [5.74, 6) is 0. The maximum atomic E-state index is 11.8. The van der Waals surface area contributed by atoms with Crippen molar-refractivity contribution in [2.75, 3.05) is 27.3 Å². The number of carbonyl (C=O) groups is 1. The Morgan fingerprint density at radius 3 is 2.87 bits per heavy atom. The highest BCUT2D eigenvalue weighted by Crippen LogP contribution is 1.94. The lowest BCUT2D eigenvalue weighted by Gasteiger charge is -2.13. The van der Waals surface area contributed by atoms with E-state index in [0.717, 1.165) is 6.42 Å². The smallest absolute Gasteiger partial charge is 0.385 e. The van der Waals surface area contributed by atoms with Crippen LogP contribution in [-0.4, -0.2) is 42.8 Å². The van der Waals surface area contributed by atoms with Gasteiger partial charge in [-0.2, -0.15) is 4.57 Å². The van der Waals surface area contributed by atoms with Crippen molar-refractivity contribution in [3.8, 4) is 0 Å². The molecule has 5 nitrogen and oxygen atoms in total. The van der Waals surface area contributed by atoms with Crippen LogP contribution >= 0.6 is 0 Å². The maximum absolute atomic E-state index is 11.8. The normalized spacial score (nSPS) is 10.3. The Morgan fingerprint density at radius 2 is 2.33 bits per heavy atom. The van der Waals surface area contributed by atoms with Crippen molar-refractivity contribution in [1.29, 1.82) is 0 Å². The number of ether oxygens (including phenoxy) is 1. The summed E-state index contributed by atoms with van der Waals surface area (Å²) in [6.45, 7) is 1.38. The van der Waals surface area contributed by atoms with Gasteiger partial charge < -0.3 is 9.64 Å². The summed E-state index contributed by atoms with van der Waals surface area (Å²) in [6.07, 6.45) is 6.18. The topological polar surface area (TPSA) is 38.4 Å². The molecule has 1 aromatic heterocycles. The number of nitrogens with zero attached hydrogens (tertiary/aromatic N) is 3. The molecule has 0 saturated heterocycles. The molecule has 1 heterocycles. The molecule has 5 heteroatoms. The van der Waals surface area contributed by atoms with Gasteiger partial charge in [-0.1, -0.05) is 0 Å². The van der Waals surface area contributed by atoms with Crippen LogP contribution in [0.3, 0.4) is 0 Å². The first kappa shape index (κ1) is 11.7. The van der Waals surface area contributed by atoms with Gasteiger partial charge in [-0.25, -0.2) is 9.36 Å². The average Bonchev–Trinajstić information content (AvgIpc) is 2.64. The second-order valence-electron chi connectivity index (χ2n) is 3.54. The molecule has 0 bridgehead atoms. The van der Waals surface area contributed by atoms with Crippen molar-refractivity contribution in [3.05, 3.63) is 18.7 Å². The Morgan fingerprint density at radius 1 is 1.60 bits per heavy atom. The molecule has 0 spiro atoms. The molecule has 0 unspecified atom stereocenters. The maximum Gasteiger partial charge on any atom is 0.415 e. The predicted octanol–water partition coefficient (Wildman–Crippen LogP) is 0.249. The summed E-state index contributed by atoms with van der Waals surface area (Å²) in [5, 5.41) is 0. The Balaban J connectivity index is 2.46. The van der Waals surface area contributed by atoms with Crippen molar-refractivity contribution < 1.29 is 14.1 Å². The molecule has 0 aliphatic heterocycles. The van der Waals surface area contributed by atoms with E-state index >= 15 is 0 Å². The van der Waals surface area contributed by atoms with Crippen LogP contribution in [0.15, 0.2) is 18.7 Å². The van der Waals surface area contributed by atoms with Crippen molar-refractivity contribution in [3.63, 3.8) is 0 Å². The molecule has 0 saturated carbocycles. The van der Waals surface area contributed by atoms with E-state index in [2.05, 4.69) is 0 Å². The van der Waals surface area contributed by atoms with E-state index in [0.29, 0.717) is 13.2 Å². The van der Waals surface area contributed by atoms with Crippen molar-refractivity contribution in [2.45, 2.75) is 6.42 Å². The molecule has 0 aromatic carbocycles. The van der Waals surface area contributed by atoms with Crippen LogP contribution < -0.4 is 4.57 Å². The van der Waals surface area contributed by atoms with E-state index in [1.54, 1.807) is 36.1 Å². The van der Waals surface area contributed by atoms with Crippen molar-refractivity contribution in [2.24, 2.45) is 7.05 Å². The van der Waals surface area contributed by atoms with Crippen LogP contribution in [0, 0.1) is 0 Å². The Labute approximate surface area is 89.9 Å². The number of rotatable bonds is 4. The molecule has 0 radical (unpaired) electrons.